The van der Waals surface area contributed by atoms with E-state index < -0.39 is 0 Å². The van der Waals surface area contributed by atoms with Crippen LogP contribution in [-0.4, -0.2) is 20.7 Å². The van der Waals surface area contributed by atoms with Gasteiger partial charge in [0.1, 0.15) is 10.7 Å². The summed E-state index contributed by atoms with van der Waals surface area (Å²) in [5.41, 5.74) is 0.807. The average Bonchev–Trinajstić information content (AvgIpc) is 3.17. The molecule has 1 fully saturated rings. The van der Waals surface area contributed by atoms with E-state index in [1.165, 1.54) is 24.2 Å². The molecule has 0 radical (unpaired) electrons. The predicted octanol–water partition coefficient (Wildman–Crippen LogP) is 3.58. The number of carbonyl (C=O) groups excluding carboxylic acids is 1. The highest BCUT2D eigenvalue weighted by molar-refractivity contribution is 7.13. The van der Waals surface area contributed by atoms with E-state index in [9.17, 15) is 4.79 Å². The molecule has 0 aromatic carbocycles. The van der Waals surface area contributed by atoms with E-state index in [4.69, 9.17) is 0 Å². The van der Waals surface area contributed by atoms with E-state index in [-0.39, 0.29) is 5.91 Å². The Labute approximate surface area is 128 Å². The van der Waals surface area contributed by atoms with Crippen LogP contribution in [0.5, 0.6) is 0 Å². The minimum absolute atomic E-state index is 0.0792. The summed E-state index contributed by atoms with van der Waals surface area (Å²) in [5.74, 6) is 0.710. The molecule has 0 atom stereocenters. The highest BCUT2D eigenvalue weighted by Crippen LogP contribution is 2.31. The number of aryl methyl sites for hydroxylation is 2. The van der Waals surface area contributed by atoms with Crippen molar-refractivity contribution in [2.75, 3.05) is 5.32 Å². The molecule has 0 aliphatic heterocycles. The molecule has 1 saturated carbocycles. The van der Waals surface area contributed by atoms with Crippen molar-refractivity contribution in [2.24, 2.45) is 0 Å². The standard InChI is InChI=1S/C15H20N4OS/c1-3-13-17-10(2)14(21-13)15(20)18-12-8-9-16-19(12)11-6-4-5-7-11/h8-9,11H,3-7H2,1-2H3,(H,18,20). The maximum atomic E-state index is 12.4. The van der Waals surface area contributed by atoms with Crippen molar-refractivity contribution in [3.05, 3.63) is 27.8 Å². The van der Waals surface area contributed by atoms with Gasteiger partial charge in [0.05, 0.1) is 22.9 Å². The number of aromatic nitrogens is 3. The zero-order valence-corrected chi connectivity index (χ0v) is 13.2. The monoisotopic (exact) mass is 304 g/mol. The van der Waals surface area contributed by atoms with E-state index in [0.29, 0.717) is 10.9 Å². The van der Waals surface area contributed by atoms with Gasteiger partial charge in [-0.15, -0.1) is 11.3 Å². The fourth-order valence-corrected chi connectivity index (χ4v) is 3.74. The molecule has 1 N–H and O–H groups in total. The summed E-state index contributed by atoms with van der Waals surface area (Å²) < 4.78 is 1.96. The molecule has 2 aromatic heterocycles. The number of nitrogens with one attached hydrogen (secondary N) is 1. The molecule has 0 unspecified atom stereocenters. The van der Waals surface area contributed by atoms with Gasteiger partial charge in [0.25, 0.3) is 5.91 Å². The zero-order chi connectivity index (χ0) is 14.8. The summed E-state index contributed by atoms with van der Waals surface area (Å²) in [7, 11) is 0. The number of amides is 1. The SMILES string of the molecule is CCc1nc(C)c(C(=O)Nc2ccnn2C2CCCC2)s1. The van der Waals surface area contributed by atoms with E-state index in [1.54, 1.807) is 6.20 Å². The van der Waals surface area contributed by atoms with Crippen LogP contribution < -0.4 is 5.32 Å². The number of rotatable bonds is 4. The summed E-state index contributed by atoms with van der Waals surface area (Å²) in [6, 6.07) is 2.29. The largest absolute Gasteiger partial charge is 0.306 e. The summed E-state index contributed by atoms with van der Waals surface area (Å²) in [6.07, 6.45) is 7.38. The Morgan fingerprint density at radius 3 is 2.90 bits per heavy atom. The number of anilines is 1. The minimum atomic E-state index is -0.0792. The molecule has 3 rings (SSSR count). The van der Waals surface area contributed by atoms with Crippen LogP contribution in [0, 0.1) is 6.92 Å². The lowest BCUT2D eigenvalue weighted by atomic mass is 10.2. The average molecular weight is 304 g/mol. The second-order valence-corrected chi connectivity index (χ2v) is 6.51. The third-order valence-corrected chi connectivity index (χ3v) is 5.23. The molecule has 1 aliphatic carbocycles. The highest BCUT2D eigenvalue weighted by Gasteiger charge is 2.22. The fraction of sp³-hybridized carbons (Fsp3) is 0.533. The van der Waals surface area contributed by atoms with E-state index in [1.807, 2.05) is 17.7 Å². The first-order chi connectivity index (χ1) is 10.2. The second-order valence-electron chi connectivity index (χ2n) is 5.43. The van der Waals surface area contributed by atoms with Crippen molar-refractivity contribution in [1.29, 1.82) is 0 Å². The van der Waals surface area contributed by atoms with Crippen LogP contribution >= 0.6 is 11.3 Å². The first kappa shape index (κ1) is 14.3. The number of carbonyl (C=O) groups is 1. The first-order valence-corrected chi connectivity index (χ1v) is 8.32. The lowest BCUT2D eigenvalue weighted by Gasteiger charge is -2.14. The van der Waals surface area contributed by atoms with Crippen molar-refractivity contribution in [3.8, 4) is 0 Å². The van der Waals surface area contributed by atoms with Gasteiger partial charge in [0, 0.05) is 6.07 Å². The van der Waals surface area contributed by atoms with Gasteiger partial charge in [-0.3, -0.25) is 4.79 Å². The summed E-state index contributed by atoms with van der Waals surface area (Å²) in [4.78, 5) is 17.6. The number of hydrogen-bond acceptors (Lipinski definition) is 4. The van der Waals surface area contributed by atoms with Crippen LogP contribution in [0.25, 0.3) is 0 Å². The van der Waals surface area contributed by atoms with Crippen LogP contribution in [0.15, 0.2) is 12.3 Å². The molecular formula is C15H20N4OS. The van der Waals surface area contributed by atoms with E-state index >= 15 is 0 Å². The zero-order valence-electron chi connectivity index (χ0n) is 12.4. The smallest absolute Gasteiger partial charge is 0.268 e. The van der Waals surface area contributed by atoms with Crippen LogP contribution in [0.2, 0.25) is 0 Å². The molecule has 5 nitrogen and oxygen atoms in total. The Hall–Kier alpha value is -1.69. The molecule has 2 aromatic rings. The molecule has 0 bridgehead atoms. The molecule has 6 heteroatoms. The van der Waals surface area contributed by atoms with Gasteiger partial charge in [-0.2, -0.15) is 5.10 Å². The Kier molecular flexibility index (Phi) is 4.05. The quantitative estimate of drug-likeness (QED) is 0.939. The minimum Gasteiger partial charge on any atom is -0.306 e. The van der Waals surface area contributed by atoms with Gasteiger partial charge in [-0.25, -0.2) is 9.67 Å². The predicted molar refractivity (Wildman–Crippen MR) is 83.9 cm³/mol. The van der Waals surface area contributed by atoms with Gasteiger partial charge in [0.15, 0.2) is 0 Å². The first-order valence-electron chi connectivity index (χ1n) is 7.50. The van der Waals surface area contributed by atoms with Crippen molar-refractivity contribution in [3.63, 3.8) is 0 Å². The van der Waals surface area contributed by atoms with Crippen LogP contribution in [0.1, 0.15) is 59.0 Å². The molecule has 1 aliphatic rings. The van der Waals surface area contributed by atoms with Gasteiger partial charge in [-0.1, -0.05) is 19.8 Å². The molecule has 21 heavy (non-hydrogen) atoms. The summed E-state index contributed by atoms with van der Waals surface area (Å²) >= 11 is 1.47. The van der Waals surface area contributed by atoms with Crippen LogP contribution in [0.4, 0.5) is 5.82 Å². The van der Waals surface area contributed by atoms with Crippen molar-refractivity contribution in [2.45, 2.75) is 52.0 Å². The Morgan fingerprint density at radius 1 is 1.48 bits per heavy atom. The van der Waals surface area contributed by atoms with Crippen molar-refractivity contribution < 1.29 is 4.79 Å². The Morgan fingerprint density at radius 2 is 2.24 bits per heavy atom. The van der Waals surface area contributed by atoms with Crippen LogP contribution in [-0.2, 0) is 6.42 Å². The molecule has 2 heterocycles. The number of hydrogen-bond donors (Lipinski definition) is 1. The van der Waals surface area contributed by atoms with Crippen molar-refractivity contribution in [1.82, 2.24) is 14.8 Å². The summed E-state index contributed by atoms with van der Waals surface area (Å²) in [6.45, 7) is 3.94. The highest BCUT2D eigenvalue weighted by atomic mass is 32.1. The Bertz CT molecular complexity index is 640. The molecule has 0 saturated heterocycles. The summed E-state index contributed by atoms with van der Waals surface area (Å²) in [5, 5.41) is 8.37. The maximum Gasteiger partial charge on any atom is 0.268 e. The van der Waals surface area contributed by atoms with Gasteiger partial charge >= 0.3 is 0 Å². The maximum absolute atomic E-state index is 12.4. The normalized spacial score (nSPS) is 15.5. The third-order valence-electron chi connectivity index (χ3n) is 3.93. The Balaban J connectivity index is 1.78. The number of nitrogens with zero attached hydrogens (tertiary/aromatic N) is 3. The van der Waals surface area contributed by atoms with Gasteiger partial charge < -0.3 is 5.32 Å². The number of thiazole rings is 1. The lowest BCUT2D eigenvalue weighted by Crippen LogP contribution is -2.17. The van der Waals surface area contributed by atoms with Gasteiger partial charge in [-0.05, 0) is 26.2 Å². The van der Waals surface area contributed by atoms with E-state index in [2.05, 4.69) is 22.3 Å². The van der Waals surface area contributed by atoms with E-state index in [0.717, 1.165) is 35.8 Å². The molecule has 1 amide bonds. The fourth-order valence-electron chi connectivity index (χ4n) is 2.84. The third kappa shape index (κ3) is 2.85. The molecule has 0 spiro atoms. The lowest BCUT2D eigenvalue weighted by molar-refractivity contribution is 0.102. The second kappa shape index (κ2) is 5.97. The molecule has 112 valence electrons. The van der Waals surface area contributed by atoms with Gasteiger partial charge in [0.2, 0.25) is 0 Å². The van der Waals surface area contributed by atoms with Crippen molar-refractivity contribution >= 4 is 23.1 Å². The topological polar surface area (TPSA) is 59.8 Å². The van der Waals surface area contributed by atoms with Crippen LogP contribution in [0.3, 0.4) is 0 Å². The molecular weight excluding hydrogens is 284 g/mol.